The number of hydrogen-bond donors (Lipinski definition) is 1. The largest absolute Gasteiger partial charge is 0.381 e. The fraction of sp³-hybridized carbons (Fsp3) is 1.00. The van der Waals surface area contributed by atoms with Gasteiger partial charge in [0.1, 0.15) is 0 Å². The van der Waals surface area contributed by atoms with Crippen LogP contribution in [0.25, 0.3) is 0 Å². The highest BCUT2D eigenvalue weighted by atomic mass is 16.5. The number of hydrogen-bond acceptors (Lipinski definition) is 3. The first-order chi connectivity index (χ1) is 8.80. The fourth-order valence-electron chi connectivity index (χ4n) is 3.74. The van der Waals surface area contributed by atoms with E-state index in [1.165, 1.54) is 45.2 Å². The predicted molar refractivity (Wildman–Crippen MR) is 75.7 cm³/mol. The lowest BCUT2D eigenvalue weighted by atomic mass is 9.87. The van der Waals surface area contributed by atoms with Crippen LogP contribution in [0.1, 0.15) is 51.9 Å². The van der Waals surface area contributed by atoms with Gasteiger partial charge in [-0.25, -0.2) is 0 Å². The van der Waals surface area contributed by atoms with Crippen molar-refractivity contribution in [3.8, 4) is 0 Å². The number of ether oxygens (including phenoxy) is 1. The Morgan fingerprint density at radius 2 is 2.00 bits per heavy atom. The maximum atomic E-state index is 6.12. The summed E-state index contributed by atoms with van der Waals surface area (Å²) in [4.78, 5) is 2.70. The van der Waals surface area contributed by atoms with Gasteiger partial charge < -0.3 is 10.5 Å². The van der Waals surface area contributed by atoms with Gasteiger partial charge in [-0.15, -0.1) is 0 Å². The Bertz CT molecular complexity index is 239. The lowest BCUT2D eigenvalue weighted by molar-refractivity contribution is -0.0233. The van der Waals surface area contributed by atoms with Crippen LogP contribution in [0.4, 0.5) is 0 Å². The van der Waals surface area contributed by atoms with Crippen molar-refractivity contribution in [2.45, 2.75) is 57.4 Å². The molecule has 18 heavy (non-hydrogen) atoms. The lowest BCUT2D eigenvalue weighted by Crippen LogP contribution is -2.57. The molecule has 0 saturated carbocycles. The Labute approximate surface area is 112 Å². The molecule has 2 heterocycles. The Balaban J connectivity index is 1.94. The highest BCUT2D eigenvalue weighted by molar-refractivity contribution is 4.94. The van der Waals surface area contributed by atoms with Crippen LogP contribution in [0.15, 0.2) is 0 Å². The molecule has 0 bridgehead atoms. The molecule has 2 saturated heterocycles. The van der Waals surface area contributed by atoms with Gasteiger partial charge in [-0.05, 0) is 51.1 Å². The molecule has 2 N–H and O–H groups in total. The van der Waals surface area contributed by atoms with E-state index in [1.54, 1.807) is 0 Å². The zero-order valence-corrected chi connectivity index (χ0v) is 12.0. The first kappa shape index (κ1) is 14.3. The molecule has 1 atom stereocenters. The molecule has 2 aliphatic rings. The smallest absolute Gasteiger partial charge is 0.0484 e. The molecule has 0 amide bonds. The van der Waals surface area contributed by atoms with E-state index >= 15 is 0 Å². The number of rotatable bonds is 4. The van der Waals surface area contributed by atoms with Gasteiger partial charge in [0.05, 0.1) is 0 Å². The van der Waals surface area contributed by atoms with Crippen LogP contribution < -0.4 is 5.73 Å². The molecule has 106 valence electrons. The lowest BCUT2D eigenvalue weighted by Gasteiger charge is -2.45. The maximum Gasteiger partial charge on any atom is 0.0484 e. The Morgan fingerprint density at radius 3 is 2.67 bits per heavy atom. The van der Waals surface area contributed by atoms with Crippen molar-refractivity contribution in [3.05, 3.63) is 0 Å². The van der Waals surface area contributed by atoms with Crippen molar-refractivity contribution >= 4 is 0 Å². The van der Waals surface area contributed by atoms with E-state index in [4.69, 9.17) is 10.5 Å². The molecule has 0 aromatic heterocycles. The average Bonchev–Trinajstić information content (AvgIpc) is 2.66. The fourth-order valence-corrected chi connectivity index (χ4v) is 3.74. The molecule has 0 spiro atoms. The van der Waals surface area contributed by atoms with Gasteiger partial charge in [-0.1, -0.05) is 19.8 Å². The summed E-state index contributed by atoms with van der Waals surface area (Å²) in [6.07, 6.45) is 9.14. The van der Waals surface area contributed by atoms with Crippen LogP contribution in [0.3, 0.4) is 0 Å². The molecule has 0 aromatic rings. The van der Waals surface area contributed by atoms with Crippen LogP contribution in [0.2, 0.25) is 0 Å². The second-order valence-electron chi connectivity index (χ2n) is 6.11. The number of nitrogens with two attached hydrogens (primary N) is 1. The van der Waals surface area contributed by atoms with E-state index in [0.717, 1.165) is 38.5 Å². The zero-order valence-electron chi connectivity index (χ0n) is 12.0. The van der Waals surface area contributed by atoms with Gasteiger partial charge in [0.2, 0.25) is 0 Å². The Hall–Kier alpha value is -0.120. The average molecular weight is 254 g/mol. The third-order valence-electron chi connectivity index (χ3n) is 5.02. The van der Waals surface area contributed by atoms with Crippen LogP contribution in [0.5, 0.6) is 0 Å². The minimum Gasteiger partial charge on any atom is -0.381 e. The summed E-state index contributed by atoms with van der Waals surface area (Å²) in [7, 11) is 0. The molecule has 2 fully saturated rings. The van der Waals surface area contributed by atoms with Crippen molar-refractivity contribution in [1.82, 2.24) is 4.90 Å². The molecule has 2 aliphatic heterocycles. The van der Waals surface area contributed by atoms with E-state index < -0.39 is 0 Å². The summed E-state index contributed by atoms with van der Waals surface area (Å²) in [5.74, 6) is 0.953. The maximum absolute atomic E-state index is 6.12. The van der Waals surface area contributed by atoms with Gasteiger partial charge in [0, 0.05) is 25.3 Å². The molecule has 0 aliphatic carbocycles. The number of likely N-dealkylation sites (tertiary alicyclic amines) is 1. The van der Waals surface area contributed by atoms with Gasteiger partial charge in [0.15, 0.2) is 0 Å². The van der Waals surface area contributed by atoms with Gasteiger partial charge in [-0.3, -0.25) is 4.90 Å². The second-order valence-corrected chi connectivity index (χ2v) is 6.11. The molecular formula is C15H30N2O. The van der Waals surface area contributed by atoms with Crippen molar-refractivity contribution in [2.24, 2.45) is 11.7 Å². The van der Waals surface area contributed by atoms with Crippen LogP contribution >= 0.6 is 0 Å². The summed E-state index contributed by atoms with van der Waals surface area (Å²) >= 11 is 0. The SMILES string of the molecule is CCCC1CCCN(C2(CN)CCOCC2)CC1. The van der Waals surface area contributed by atoms with Gasteiger partial charge >= 0.3 is 0 Å². The van der Waals surface area contributed by atoms with Crippen LogP contribution in [0, 0.1) is 5.92 Å². The Morgan fingerprint density at radius 1 is 1.22 bits per heavy atom. The first-order valence-corrected chi connectivity index (χ1v) is 7.83. The zero-order chi connectivity index (χ0) is 12.8. The minimum atomic E-state index is 0.249. The molecule has 3 heteroatoms. The third-order valence-corrected chi connectivity index (χ3v) is 5.02. The standard InChI is InChI=1S/C15H30N2O/c1-2-4-14-5-3-9-17(10-6-14)15(13-16)7-11-18-12-8-15/h14H,2-13,16H2,1H3. The van der Waals surface area contributed by atoms with Crippen LogP contribution in [-0.4, -0.2) is 43.3 Å². The molecule has 2 rings (SSSR count). The summed E-state index contributed by atoms with van der Waals surface area (Å²) in [6.45, 7) is 7.40. The quantitative estimate of drug-likeness (QED) is 0.837. The van der Waals surface area contributed by atoms with Crippen molar-refractivity contribution in [2.75, 3.05) is 32.8 Å². The van der Waals surface area contributed by atoms with Gasteiger partial charge in [0.25, 0.3) is 0 Å². The van der Waals surface area contributed by atoms with E-state index in [0.29, 0.717) is 0 Å². The van der Waals surface area contributed by atoms with E-state index in [2.05, 4.69) is 11.8 Å². The van der Waals surface area contributed by atoms with E-state index in [-0.39, 0.29) is 5.54 Å². The van der Waals surface area contributed by atoms with Crippen molar-refractivity contribution in [1.29, 1.82) is 0 Å². The van der Waals surface area contributed by atoms with Crippen molar-refractivity contribution in [3.63, 3.8) is 0 Å². The normalized spacial score (nSPS) is 30.0. The summed E-state index contributed by atoms with van der Waals surface area (Å²) in [5, 5.41) is 0. The highest BCUT2D eigenvalue weighted by Crippen LogP contribution is 2.31. The van der Waals surface area contributed by atoms with Crippen molar-refractivity contribution < 1.29 is 4.74 Å². The van der Waals surface area contributed by atoms with E-state index in [1.807, 2.05) is 0 Å². The minimum absolute atomic E-state index is 0.249. The Kier molecular flexibility index (Phi) is 5.46. The summed E-state index contributed by atoms with van der Waals surface area (Å²) in [5.41, 5.74) is 6.37. The van der Waals surface area contributed by atoms with Gasteiger partial charge in [-0.2, -0.15) is 0 Å². The van der Waals surface area contributed by atoms with Crippen LogP contribution in [-0.2, 0) is 4.74 Å². The third kappa shape index (κ3) is 3.25. The highest BCUT2D eigenvalue weighted by Gasteiger charge is 2.37. The molecule has 0 aromatic carbocycles. The predicted octanol–water partition coefficient (Wildman–Crippen LogP) is 2.40. The second kappa shape index (κ2) is 6.88. The number of nitrogens with zero attached hydrogens (tertiary/aromatic N) is 1. The molecular weight excluding hydrogens is 224 g/mol. The summed E-state index contributed by atoms with van der Waals surface area (Å²) < 4.78 is 5.53. The topological polar surface area (TPSA) is 38.5 Å². The molecule has 0 radical (unpaired) electrons. The van der Waals surface area contributed by atoms with E-state index in [9.17, 15) is 0 Å². The molecule has 1 unspecified atom stereocenters. The molecule has 3 nitrogen and oxygen atoms in total. The monoisotopic (exact) mass is 254 g/mol. The first-order valence-electron chi connectivity index (χ1n) is 7.83. The summed E-state index contributed by atoms with van der Waals surface area (Å²) in [6, 6.07) is 0.